The SMILES string of the molecule is Cc1cccc(-c2nnc(SCC(=O)c3ccc4c(c3)NC(=O)CO4)n2-c2ccccc2)c1. The van der Waals surface area contributed by atoms with Crippen molar-refractivity contribution in [3.05, 3.63) is 83.9 Å². The Kier molecular flexibility index (Phi) is 5.66. The number of carbonyl (C=O) groups is 2. The number of thioether (sulfide) groups is 1. The first kappa shape index (κ1) is 21.0. The number of rotatable bonds is 6. The number of nitrogens with zero attached hydrogens (tertiary/aromatic N) is 3. The van der Waals surface area contributed by atoms with Crippen LogP contribution in [0.2, 0.25) is 0 Å². The summed E-state index contributed by atoms with van der Waals surface area (Å²) in [6.07, 6.45) is 0. The van der Waals surface area contributed by atoms with Crippen molar-refractivity contribution in [1.82, 2.24) is 14.8 Å². The molecule has 8 heteroatoms. The summed E-state index contributed by atoms with van der Waals surface area (Å²) in [5.41, 5.74) is 4.01. The summed E-state index contributed by atoms with van der Waals surface area (Å²) < 4.78 is 7.33. The van der Waals surface area contributed by atoms with E-state index in [1.54, 1.807) is 18.2 Å². The van der Waals surface area contributed by atoms with E-state index in [2.05, 4.69) is 21.6 Å². The van der Waals surface area contributed by atoms with Gasteiger partial charge in [-0.15, -0.1) is 10.2 Å². The lowest BCUT2D eigenvalue weighted by Gasteiger charge is -2.18. The van der Waals surface area contributed by atoms with Crippen molar-refractivity contribution in [2.45, 2.75) is 12.1 Å². The van der Waals surface area contributed by atoms with Gasteiger partial charge in [0, 0.05) is 16.8 Å². The fourth-order valence-corrected chi connectivity index (χ4v) is 4.46. The molecule has 1 aromatic heterocycles. The molecular weight excluding hydrogens is 436 g/mol. The van der Waals surface area contributed by atoms with Crippen molar-refractivity contribution in [2.75, 3.05) is 17.7 Å². The van der Waals surface area contributed by atoms with Crippen LogP contribution in [0, 0.1) is 6.92 Å². The van der Waals surface area contributed by atoms with Crippen LogP contribution in [0.3, 0.4) is 0 Å². The Labute approximate surface area is 194 Å². The van der Waals surface area contributed by atoms with Gasteiger partial charge < -0.3 is 10.1 Å². The summed E-state index contributed by atoms with van der Waals surface area (Å²) in [4.78, 5) is 24.5. The highest BCUT2D eigenvalue weighted by molar-refractivity contribution is 7.99. The van der Waals surface area contributed by atoms with Crippen molar-refractivity contribution in [1.29, 1.82) is 0 Å². The van der Waals surface area contributed by atoms with Gasteiger partial charge in [-0.1, -0.05) is 53.7 Å². The number of aromatic nitrogens is 3. The summed E-state index contributed by atoms with van der Waals surface area (Å²) in [6, 6.07) is 23.0. The largest absolute Gasteiger partial charge is 0.482 e. The van der Waals surface area contributed by atoms with Crippen LogP contribution in [0.1, 0.15) is 15.9 Å². The van der Waals surface area contributed by atoms with Crippen molar-refractivity contribution < 1.29 is 14.3 Å². The van der Waals surface area contributed by atoms with Crippen LogP contribution in [0.5, 0.6) is 5.75 Å². The number of amides is 1. The smallest absolute Gasteiger partial charge is 0.262 e. The summed E-state index contributed by atoms with van der Waals surface area (Å²) in [6.45, 7) is 2.02. The fraction of sp³-hybridized carbons (Fsp3) is 0.120. The second-order valence-corrected chi connectivity index (χ2v) is 8.55. The van der Waals surface area contributed by atoms with E-state index >= 15 is 0 Å². The first-order chi connectivity index (χ1) is 16.1. The third-order valence-corrected chi connectivity index (χ3v) is 6.12. The molecule has 3 aromatic carbocycles. The van der Waals surface area contributed by atoms with Gasteiger partial charge in [0.25, 0.3) is 5.91 Å². The minimum Gasteiger partial charge on any atom is -0.482 e. The predicted octanol–water partition coefficient (Wildman–Crippen LogP) is 4.55. The molecule has 1 amide bonds. The lowest BCUT2D eigenvalue weighted by Crippen LogP contribution is -2.25. The molecule has 1 aliphatic rings. The van der Waals surface area contributed by atoms with Crippen molar-refractivity contribution in [2.24, 2.45) is 0 Å². The van der Waals surface area contributed by atoms with Gasteiger partial charge in [-0.3, -0.25) is 14.2 Å². The summed E-state index contributed by atoms with van der Waals surface area (Å²) in [5.74, 6) is 1.13. The highest BCUT2D eigenvalue weighted by Crippen LogP contribution is 2.31. The number of ether oxygens (including phenoxy) is 1. The van der Waals surface area contributed by atoms with E-state index in [0.29, 0.717) is 28.0 Å². The molecule has 0 saturated heterocycles. The van der Waals surface area contributed by atoms with Gasteiger partial charge >= 0.3 is 0 Å². The summed E-state index contributed by atoms with van der Waals surface area (Å²) in [7, 11) is 0. The van der Waals surface area contributed by atoms with Crippen LogP contribution in [0.4, 0.5) is 5.69 Å². The molecule has 1 aliphatic heterocycles. The molecule has 0 fully saturated rings. The zero-order valence-corrected chi connectivity index (χ0v) is 18.6. The Bertz CT molecular complexity index is 1350. The number of Topliss-reactive ketones (excluding diaryl/α,β-unsaturated/α-hetero) is 1. The normalized spacial score (nSPS) is 12.6. The van der Waals surface area contributed by atoms with Gasteiger partial charge in [0.2, 0.25) is 0 Å². The minimum atomic E-state index is -0.235. The zero-order valence-electron chi connectivity index (χ0n) is 17.8. The zero-order chi connectivity index (χ0) is 22.8. The van der Waals surface area contributed by atoms with Gasteiger partial charge in [-0.2, -0.15) is 0 Å². The number of ketones is 1. The molecule has 4 aromatic rings. The lowest BCUT2D eigenvalue weighted by atomic mass is 10.1. The van der Waals surface area contributed by atoms with Crippen LogP contribution in [-0.2, 0) is 4.79 Å². The molecule has 164 valence electrons. The first-order valence-corrected chi connectivity index (χ1v) is 11.4. The molecule has 0 aliphatic carbocycles. The summed E-state index contributed by atoms with van der Waals surface area (Å²) in [5, 5.41) is 12.2. The Hall–Kier alpha value is -3.91. The number of fused-ring (bicyclic) bond motifs is 1. The molecule has 0 spiro atoms. The molecule has 0 unspecified atom stereocenters. The number of aryl methyl sites for hydroxylation is 1. The van der Waals surface area contributed by atoms with Gasteiger partial charge in [0.1, 0.15) is 5.75 Å². The second-order valence-electron chi connectivity index (χ2n) is 7.61. The number of para-hydroxylation sites is 1. The van der Waals surface area contributed by atoms with Crippen LogP contribution in [-0.4, -0.2) is 38.8 Å². The molecule has 0 atom stereocenters. The lowest BCUT2D eigenvalue weighted by molar-refractivity contribution is -0.118. The Morgan fingerprint density at radius 1 is 1.06 bits per heavy atom. The second kappa shape index (κ2) is 8.91. The van der Waals surface area contributed by atoms with E-state index in [4.69, 9.17) is 4.74 Å². The van der Waals surface area contributed by atoms with Gasteiger partial charge in [0.05, 0.1) is 11.4 Å². The monoisotopic (exact) mass is 456 g/mol. The van der Waals surface area contributed by atoms with Crippen molar-refractivity contribution in [3.8, 4) is 22.8 Å². The molecule has 5 rings (SSSR count). The fourth-order valence-electron chi connectivity index (χ4n) is 3.61. The topological polar surface area (TPSA) is 86.1 Å². The van der Waals surface area contributed by atoms with E-state index in [1.165, 1.54) is 11.8 Å². The van der Waals surface area contributed by atoms with Crippen molar-refractivity contribution in [3.63, 3.8) is 0 Å². The number of benzene rings is 3. The average molecular weight is 457 g/mol. The van der Waals surface area contributed by atoms with E-state index in [-0.39, 0.29) is 24.1 Å². The predicted molar refractivity (Wildman–Crippen MR) is 127 cm³/mol. The molecule has 0 bridgehead atoms. The van der Waals surface area contributed by atoms with E-state index in [0.717, 1.165) is 16.8 Å². The highest BCUT2D eigenvalue weighted by Gasteiger charge is 2.20. The number of hydrogen-bond acceptors (Lipinski definition) is 6. The quantitative estimate of drug-likeness (QED) is 0.338. The van der Waals surface area contributed by atoms with Gasteiger partial charge in [-0.25, -0.2) is 0 Å². The highest BCUT2D eigenvalue weighted by atomic mass is 32.2. The third-order valence-electron chi connectivity index (χ3n) is 5.19. The van der Waals surface area contributed by atoms with Crippen molar-refractivity contribution >= 4 is 29.1 Å². The Balaban J connectivity index is 1.43. The van der Waals surface area contributed by atoms with Crippen LogP contribution < -0.4 is 10.1 Å². The molecule has 0 radical (unpaired) electrons. The number of anilines is 1. The van der Waals surface area contributed by atoms with E-state index in [1.807, 2.05) is 60.0 Å². The van der Waals surface area contributed by atoms with Crippen LogP contribution >= 0.6 is 11.8 Å². The molecule has 0 saturated carbocycles. The Morgan fingerprint density at radius 2 is 1.91 bits per heavy atom. The Morgan fingerprint density at radius 3 is 2.73 bits per heavy atom. The molecular formula is C25H20N4O3S. The molecule has 33 heavy (non-hydrogen) atoms. The maximum Gasteiger partial charge on any atom is 0.262 e. The van der Waals surface area contributed by atoms with E-state index < -0.39 is 0 Å². The minimum absolute atomic E-state index is 0.0193. The first-order valence-electron chi connectivity index (χ1n) is 10.4. The van der Waals surface area contributed by atoms with Crippen LogP contribution in [0.15, 0.2) is 78.0 Å². The average Bonchev–Trinajstić information content (AvgIpc) is 3.26. The van der Waals surface area contributed by atoms with Gasteiger partial charge in [-0.05, 0) is 43.3 Å². The number of hydrogen-bond donors (Lipinski definition) is 1. The third kappa shape index (κ3) is 4.38. The number of nitrogens with one attached hydrogen (secondary N) is 1. The standard InChI is InChI=1S/C25H20N4O3S/c1-16-6-5-7-18(12-16)24-27-28-25(29(24)19-8-3-2-4-9-19)33-15-21(30)17-10-11-22-20(13-17)26-23(31)14-32-22/h2-13H,14-15H2,1H3,(H,26,31). The number of carbonyl (C=O) groups excluding carboxylic acids is 2. The maximum atomic E-state index is 12.9. The van der Waals surface area contributed by atoms with Gasteiger partial charge in [0.15, 0.2) is 23.4 Å². The van der Waals surface area contributed by atoms with E-state index in [9.17, 15) is 9.59 Å². The summed E-state index contributed by atoms with van der Waals surface area (Å²) >= 11 is 1.32. The molecule has 1 N–H and O–H groups in total. The molecule has 7 nitrogen and oxygen atoms in total. The maximum absolute atomic E-state index is 12.9. The van der Waals surface area contributed by atoms with Crippen LogP contribution in [0.25, 0.3) is 17.1 Å². The molecule has 2 heterocycles.